The topological polar surface area (TPSA) is 88.3 Å². The molecule has 0 spiro atoms. The van der Waals surface area contributed by atoms with Gasteiger partial charge in [0.25, 0.3) is 5.91 Å². The molecule has 21 heavy (non-hydrogen) atoms. The van der Waals surface area contributed by atoms with E-state index in [4.69, 9.17) is 5.73 Å². The Kier molecular flexibility index (Phi) is 3.84. The van der Waals surface area contributed by atoms with Gasteiger partial charge in [-0.3, -0.25) is 9.59 Å². The number of aryl methyl sites for hydroxylation is 1. The minimum Gasteiger partial charge on any atom is -0.375 e. The molecule has 3 rings (SSSR count). The van der Waals surface area contributed by atoms with E-state index in [1.807, 2.05) is 11.8 Å². The maximum absolute atomic E-state index is 12.4. The van der Waals surface area contributed by atoms with Gasteiger partial charge in [-0.2, -0.15) is 0 Å². The second-order valence-electron chi connectivity index (χ2n) is 5.82. The molecule has 0 atom stereocenters. The molecule has 6 nitrogen and oxygen atoms in total. The fraction of sp³-hybridized carbons (Fsp3) is 0.643. The van der Waals surface area contributed by atoms with Gasteiger partial charge in [-0.1, -0.05) is 11.3 Å². The Morgan fingerprint density at radius 3 is 2.48 bits per heavy atom. The van der Waals surface area contributed by atoms with E-state index in [1.54, 1.807) is 0 Å². The minimum atomic E-state index is 0.00803. The fourth-order valence-electron chi connectivity index (χ4n) is 2.65. The van der Waals surface area contributed by atoms with Crippen molar-refractivity contribution in [3.63, 3.8) is 0 Å². The van der Waals surface area contributed by atoms with E-state index in [0.717, 1.165) is 25.7 Å². The molecule has 1 aliphatic carbocycles. The zero-order valence-electron chi connectivity index (χ0n) is 12.1. The number of carbonyl (C=O) groups is 2. The van der Waals surface area contributed by atoms with Gasteiger partial charge in [-0.05, 0) is 32.6 Å². The number of aromatic nitrogens is 1. The van der Waals surface area contributed by atoms with Gasteiger partial charge in [-0.15, -0.1) is 0 Å². The third-order valence-corrected chi connectivity index (χ3v) is 5.06. The molecule has 114 valence electrons. The van der Waals surface area contributed by atoms with Crippen LogP contribution in [-0.4, -0.2) is 40.8 Å². The quantitative estimate of drug-likeness (QED) is 0.877. The smallest absolute Gasteiger partial charge is 0.265 e. The zero-order chi connectivity index (χ0) is 15.0. The number of anilines is 1. The van der Waals surface area contributed by atoms with E-state index >= 15 is 0 Å². The highest BCUT2D eigenvalue weighted by atomic mass is 32.1. The summed E-state index contributed by atoms with van der Waals surface area (Å²) >= 11 is 1.25. The minimum absolute atomic E-state index is 0.00803. The number of likely N-dealkylation sites (tertiary alicyclic amines) is 1. The van der Waals surface area contributed by atoms with Crippen molar-refractivity contribution in [1.29, 1.82) is 0 Å². The van der Waals surface area contributed by atoms with Crippen LogP contribution in [0.2, 0.25) is 0 Å². The molecule has 2 amide bonds. The Morgan fingerprint density at radius 2 is 1.95 bits per heavy atom. The first kappa shape index (κ1) is 14.3. The number of piperidine rings is 1. The van der Waals surface area contributed by atoms with Crippen molar-refractivity contribution < 1.29 is 9.59 Å². The van der Waals surface area contributed by atoms with Gasteiger partial charge in [0.15, 0.2) is 5.13 Å². The van der Waals surface area contributed by atoms with Gasteiger partial charge in [0.2, 0.25) is 5.91 Å². The molecule has 1 saturated heterocycles. The van der Waals surface area contributed by atoms with Gasteiger partial charge in [-0.25, -0.2) is 4.98 Å². The standard InChI is InChI=1S/C14H20N4O2S/c1-8-11(21-14(15)16-8)13(20)18-6-4-10(5-7-18)17-12(19)9-2-3-9/h9-10H,2-7H2,1H3,(H2,15,16)(H,17,19). The second kappa shape index (κ2) is 5.63. The number of hydrogen-bond donors (Lipinski definition) is 2. The molecule has 2 aliphatic rings. The van der Waals surface area contributed by atoms with Gasteiger partial charge < -0.3 is 16.0 Å². The Bertz CT molecular complexity index is 559. The number of nitrogens with zero attached hydrogens (tertiary/aromatic N) is 2. The van der Waals surface area contributed by atoms with Crippen molar-refractivity contribution in [3.8, 4) is 0 Å². The SMILES string of the molecule is Cc1nc(N)sc1C(=O)N1CCC(NC(=O)C2CC2)CC1. The Labute approximate surface area is 127 Å². The molecule has 3 N–H and O–H groups in total. The number of nitrogens with two attached hydrogens (primary N) is 1. The number of carbonyl (C=O) groups excluding carboxylic acids is 2. The summed E-state index contributed by atoms with van der Waals surface area (Å²) in [5.74, 6) is 0.437. The van der Waals surface area contributed by atoms with Crippen molar-refractivity contribution in [3.05, 3.63) is 10.6 Å². The van der Waals surface area contributed by atoms with Crippen LogP contribution in [-0.2, 0) is 4.79 Å². The lowest BCUT2D eigenvalue weighted by Crippen LogP contribution is -2.46. The molecule has 2 fully saturated rings. The van der Waals surface area contributed by atoms with Crippen LogP contribution in [0.1, 0.15) is 41.0 Å². The van der Waals surface area contributed by atoms with Crippen molar-refractivity contribution >= 4 is 28.3 Å². The summed E-state index contributed by atoms with van der Waals surface area (Å²) in [5.41, 5.74) is 6.35. The molecule has 7 heteroatoms. The highest BCUT2D eigenvalue weighted by molar-refractivity contribution is 7.17. The van der Waals surface area contributed by atoms with E-state index in [9.17, 15) is 9.59 Å². The lowest BCUT2D eigenvalue weighted by atomic mass is 10.0. The molecular weight excluding hydrogens is 288 g/mol. The van der Waals surface area contributed by atoms with Crippen molar-refractivity contribution in [2.24, 2.45) is 5.92 Å². The summed E-state index contributed by atoms with van der Waals surface area (Å²) in [5, 5.41) is 3.52. The lowest BCUT2D eigenvalue weighted by Gasteiger charge is -2.32. The van der Waals surface area contributed by atoms with E-state index in [1.165, 1.54) is 11.3 Å². The summed E-state index contributed by atoms with van der Waals surface area (Å²) in [6.45, 7) is 3.15. The van der Waals surface area contributed by atoms with Crippen LogP contribution in [0.5, 0.6) is 0 Å². The molecule has 2 heterocycles. The predicted molar refractivity (Wildman–Crippen MR) is 81.1 cm³/mol. The molecule has 1 aromatic heterocycles. The first-order valence-corrected chi connectivity index (χ1v) is 8.19. The summed E-state index contributed by atoms with van der Waals surface area (Å²) in [7, 11) is 0. The monoisotopic (exact) mass is 308 g/mol. The largest absolute Gasteiger partial charge is 0.375 e. The third kappa shape index (κ3) is 3.18. The van der Waals surface area contributed by atoms with E-state index in [0.29, 0.717) is 28.8 Å². The van der Waals surface area contributed by atoms with E-state index in [2.05, 4.69) is 10.3 Å². The molecule has 1 aliphatic heterocycles. The molecule has 0 bridgehead atoms. The van der Waals surface area contributed by atoms with Crippen LogP contribution in [0.25, 0.3) is 0 Å². The van der Waals surface area contributed by atoms with Crippen LogP contribution in [0.4, 0.5) is 5.13 Å². The van der Waals surface area contributed by atoms with Crippen molar-refractivity contribution in [2.75, 3.05) is 18.8 Å². The molecule has 1 saturated carbocycles. The molecule has 0 radical (unpaired) electrons. The number of rotatable bonds is 3. The number of thiazole rings is 1. The fourth-order valence-corrected chi connectivity index (χ4v) is 3.45. The highest BCUT2D eigenvalue weighted by Crippen LogP contribution is 2.29. The van der Waals surface area contributed by atoms with Crippen molar-refractivity contribution in [1.82, 2.24) is 15.2 Å². The van der Waals surface area contributed by atoms with Crippen LogP contribution >= 0.6 is 11.3 Å². The maximum Gasteiger partial charge on any atom is 0.265 e. The number of hydrogen-bond acceptors (Lipinski definition) is 5. The predicted octanol–water partition coefficient (Wildman–Crippen LogP) is 1.16. The number of nitrogen functional groups attached to an aromatic ring is 1. The van der Waals surface area contributed by atoms with Gasteiger partial charge in [0, 0.05) is 25.0 Å². The van der Waals surface area contributed by atoms with E-state index in [-0.39, 0.29) is 23.8 Å². The molecular formula is C14H20N4O2S. The van der Waals surface area contributed by atoms with E-state index < -0.39 is 0 Å². The normalized spacial score (nSPS) is 19.6. The average molecular weight is 308 g/mol. The number of amides is 2. The lowest BCUT2D eigenvalue weighted by molar-refractivity contribution is -0.123. The van der Waals surface area contributed by atoms with Gasteiger partial charge in [0.1, 0.15) is 4.88 Å². The van der Waals surface area contributed by atoms with Crippen molar-refractivity contribution in [2.45, 2.75) is 38.6 Å². The average Bonchev–Trinajstić information content (AvgIpc) is 3.24. The van der Waals surface area contributed by atoms with Crippen LogP contribution < -0.4 is 11.1 Å². The van der Waals surface area contributed by atoms with Crippen LogP contribution in [0.3, 0.4) is 0 Å². The Hall–Kier alpha value is -1.63. The Morgan fingerprint density at radius 1 is 1.29 bits per heavy atom. The third-order valence-electron chi connectivity index (χ3n) is 4.08. The number of nitrogens with one attached hydrogen (secondary N) is 1. The van der Waals surface area contributed by atoms with Crippen LogP contribution in [0.15, 0.2) is 0 Å². The summed E-state index contributed by atoms with van der Waals surface area (Å²) in [6.07, 6.45) is 3.68. The highest BCUT2D eigenvalue weighted by Gasteiger charge is 2.32. The summed E-state index contributed by atoms with van der Waals surface area (Å²) in [4.78, 5) is 30.7. The Balaban J connectivity index is 1.54. The summed E-state index contributed by atoms with van der Waals surface area (Å²) < 4.78 is 0. The first-order valence-electron chi connectivity index (χ1n) is 7.37. The maximum atomic E-state index is 12.4. The van der Waals surface area contributed by atoms with Gasteiger partial charge in [0.05, 0.1) is 5.69 Å². The second-order valence-corrected chi connectivity index (χ2v) is 6.85. The molecule has 0 unspecified atom stereocenters. The molecule has 1 aromatic rings. The summed E-state index contributed by atoms with van der Waals surface area (Å²) in [6, 6.07) is 0.203. The molecule has 0 aromatic carbocycles. The van der Waals surface area contributed by atoms with Crippen LogP contribution in [0, 0.1) is 12.8 Å². The zero-order valence-corrected chi connectivity index (χ0v) is 12.9. The first-order chi connectivity index (χ1) is 10.0. The van der Waals surface area contributed by atoms with Gasteiger partial charge >= 0.3 is 0 Å².